The third kappa shape index (κ3) is 4.88. The summed E-state index contributed by atoms with van der Waals surface area (Å²) in [4.78, 5) is 0. The predicted octanol–water partition coefficient (Wildman–Crippen LogP) is 1.76. The maximum absolute atomic E-state index is 12.4. The van der Waals surface area contributed by atoms with E-state index in [-0.39, 0.29) is 17.1 Å². The molecule has 0 aliphatic carbocycles. The van der Waals surface area contributed by atoms with Gasteiger partial charge in [0, 0.05) is 24.2 Å². The largest absolute Gasteiger partial charge is 0.310 e. The fraction of sp³-hybridized carbons (Fsp3) is 0.769. The van der Waals surface area contributed by atoms with Crippen LogP contribution in [0.3, 0.4) is 0 Å². The molecular weight excluding hydrogens is 276 g/mol. The number of sulfonamides is 1. The van der Waals surface area contributed by atoms with Gasteiger partial charge in [-0.25, -0.2) is 13.1 Å². The molecule has 1 heterocycles. The average Bonchev–Trinajstić information content (AvgIpc) is 2.84. The van der Waals surface area contributed by atoms with Crippen LogP contribution in [-0.4, -0.2) is 30.7 Å². The van der Waals surface area contributed by atoms with Crippen LogP contribution in [0.5, 0.6) is 0 Å². The van der Waals surface area contributed by atoms with E-state index >= 15 is 0 Å². The van der Waals surface area contributed by atoms with Crippen molar-refractivity contribution in [2.75, 3.05) is 0 Å². The minimum absolute atomic E-state index is 0.0285. The van der Waals surface area contributed by atoms with E-state index in [4.69, 9.17) is 0 Å². The molecule has 116 valence electrons. The third-order valence-corrected chi connectivity index (χ3v) is 4.63. The normalized spacial score (nSPS) is 13.8. The van der Waals surface area contributed by atoms with Crippen molar-refractivity contribution in [1.82, 2.24) is 20.2 Å². The van der Waals surface area contributed by atoms with E-state index in [0.29, 0.717) is 12.1 Å². The lowest BCUT2D eigenvalue weighted by Crippen LogP contribution is -2.35. The monoisotopic (exact) mass is 302 g/mol. The first-order valence-electron chi connectivity index (χ1n) is 7.18. The Kier molecular flexibility index (Phi) is 6.64. The first-order valence-corrected chi connectivity index (χ1v) is 8.67. The first-order chi connectivity index (χ1) is 9.40. The molecular formula is C13H26N4O2S. The topological polar surface area (TPSA) is 86.9 Å². The van der Waals surface area contributed by atoms with Crippen LogP contribution >= 0.6 is 0 Å². The maximum atomic E-state index is 12.4. The second-order valence-electron chi connectivity index (χ2n) is 5.28. The van der Waals surface area contributed by atoms with Crippen LogP contribution in [0.2, 0.25) is 0 Å². The summed E-state index contributed by atoms with van der Waals surface area (Å²) < 4.78 is 27.5. The Balaban J connectivity index is 2.84. The molecule has 6 nitrogen and oxygen atoms in total. The molecule has 3 N–H and O–H groups in total. The van der Waals surface area contributed by atoms with E-state index in [1.54, 1.807) is 6.20 Å². The van der Waals surface area contributed by atoms with Gasteiger partial charge in [-0.2, -0.15) is 5.10 Å². The molecule has 0 spiro atoms. The van der Waals surface area contributed by atoms with Crippen LogP contribution in [0, 0.1) is 0 Å². The zero-order valence-electron chi connectivity index (χ0n) is 12.7. The van der Waals surface area contributed by atoms with Crippen LogP contribution < -0.4 is 10.0 Å². The van der Waals surface area contributed by atoms with Crippen molar-refractivity contribution in [2.45, 2.75) is 70.6 Å². The summed E-state index contributed by atoms with van der Waals surface area (Å²) in [6.07, 6.45) is 4.13. The molecule has 0 bridgehead atoms. The molecule has 0 aliphatic heterocycles. The summed E-state index contributed by atoms with van der Waals surface area (Å²) in [5.41, 5.74) is 0.664. The minimum Gasteiger partial charge on any atom is -0.310 e. The summed E-state index contributed by atoms with van der Waals surface area (Å²) in [5, 5.41) is 9.83. The SMILES string of the molecule is CCCC(CC)NS(=O)(=O)c1[nH]ncc1CNC(C)C. The zero-order chi connectivity index (χ0) is 15.2. The Hall–Kier alpha value is -0.920. The highest BCUT2D eigenvalue weighted by Crippen LogP contribution is 2.14. The molecule has 0 fully saturated rings. The lowest BCUT2D eigenvalue weighted by molar-refractivity contribution is 0.508. The van der Waals surface area contributed by atoms with E-state index < -0.39 is 10.0 Å². The van der Waals surface area contributed by atoms with Gasteiger partial charge in [0.15, 0.2) is 5.03 Å². The highest BCUT2D eigenvalue weighted by molar-refractivity contribution is 7.89. The fourth-order valence-electron chi connectivity index (χ4n) is 1.95. The molecule has 0 aliphatic rings. The molecule has 0 amide bonds. The Morgan fingerprint density at radius 1 is 1.35 bits per heavy atom. The van der Waals surface area contributed by atoms with Gasteiger partial charge in [0.25, 0.3) is 10.0 Å². The van der Waals surface area contributed by atoms with E-state index in [1.165, 1.54) is 0 Å². The Bertz CT molecular complexity index is 496. The van der Waals surface area contributed by atoms with E-state index in [2.05, 4.69) is 20.2 Å². The quantitative estimate of drug-likeness (QED) is 0.649. The van der Waals surface area contributed by atoms with Crippen LogP contribution in [0.4, 0.5) is 0 Å². The molecule has 1 atom stereocenters. The standard InChI is InChI=1S/C13H26N4O2S/c1-5-7-12(6-2)17-20(18,19)13-11(9-15-16-13)8-14-10(3)4/h9-10,12,14,17H,5-8H2,1-4H3,(H,15,16). The lowest BCUT2D eigenvalue weighted by atomic mass is 10.1. The van der Waals surface area contributed by atoms with Crippen molar-refractivity contribution < 1.29 is 8.42 Å². The van der Waals surface area contributed by atoms with Crippen LogP contribution in [-0.2, 0) is 16.6 Å². The lowest BCUT2D eigenvalue weighted by Gasteiger charge is -2.16. The molecule has 0 aromatic carbocycles. The van der Waals surface area contributed by atoms with Crippen LogP contribution in [0.25, 0.3) is 0 Å². The van der Waals surface area contributed by atoms with Crippen LogP contribution in [0.15, 0.2) is 11.2 Å². The molecule has 1 unspecified atom stereocenters. The summed E-state index contributed by atoms with van der Waals surface area (Å²) in [7, 11) is -3.54. The number of rotatable bonds is 9. The van der Waals surface area contributed by atoms with E-state index in [9.17, 15) is 8.42 Å². The van der Waals surface area contributed by atoms with Gasteiger partial charge in [-0.3, -0.25) is 5.10 Å². The zero-order valence-corrected chi connectivity index (χ0v) is 13.5. The molecule has 0 radical (unpaired) electrons. The van der Waals surface area contributed by atoms with Gasteiger partial charge in [-0.1, -0.05) is 34.1 Å². The minimum atomic E-state index is -3.54. The highest BCUT2D eigenvalue weighted by atomic mass is 32.2. The van der Waals surface area contributed by atoms with Crippen LogP contribution in [0.1, 0.15) is 52.5 Å². The molecule has 0 saturated heterocycles. The van der Waals surface area contributed by atoms with Crippen molar-refractivity contribution in [2.24, 2.45) is 0 Å². The molecule has 7 heteroatoms. The van der Waals surface area contributed by atoms with Crippen molar-refractivity contribution in [3.8, 4) is 0 Å². The Labute approximate surface area is 121 Å². The van der Waals surface area contributed by atoms with E-state index in [0.717, 1.165) is 19.3 Å². The second kappa shape index (κ2) is 7.75. The second-order valence-corrected chi connectivity index (χ2v) is 6.93. The number of hydrogen-bond acceptors (Lipinski definition) is 4. The van der Waals surface area contributed by atoms with Gasteiger partial charge < -0.3 is 5.32 Å². The highest BCUT2D eigenvalue weighted by Gasteiger charge is 2.23. The number of hydrogen-bond donors (Lipinski definition) is 3. The maximum Gasteiger partial charge on any atom is 0.258 e. The molecule has 1 aromatic rings. The summed E-state index contributed by atoms with van der Waals surface area (Å²) >= 11 is 0. The van der Waals surface area contributed by atoms with Gasteiger partial charge in [0.2, 0.25) is 0 Å². The average molecular weight is 302 g/mol. The summed E-state index contributed by atoms with van der Waals surface area (Å²) in [6, 6.07) is 0.260. The summed E-state index contributed by atoms with van der Waals surface area (Å²) in [5.74, 6) is 0. The Morgan fingerprint density at radius 3 is 2.60 bits per heavy atom. The molecule has 0 saturated carbocycles. The van der Waals surface area contributed by atoms with Gasteiger partial charge in [-0.15, -0.1) is 0 Å². The van der Waals surface area contributed by atoms with Crippen molar-refractivity contribution in [3.05, 3.63) is 11.8 Å². The van der Waals surface area contributed by atoms with Crippen molar-refractivity contribution in [3.63, 3.8) is 0 Å². The van der Waals surface area contributed by atoms with Gasteiger partial charge in [0.1, 0.15) is 0 Å². The van der Waals surface area contributed by atoms with Crippen molar-refractivity contribution in [1.29, 1.82) is 0 Å². The summed E-state index contributed by atoms with van der Waals surface area (Å²) in [6.45, 7) is 8.54. The van der Waals surface area contributed by atoms with Gasteiger partial charge in [0.05, 0.1) is 6.20 Å². The predicted molar refractivity (Wildman–Crippen MR) is 79.9 cm³/mol. The number of aromatic nitrogens is 2. The number of H-pyrrole nitrogens is 1. The van der Waals surface area contributed by atoms with Gasteiger partial charge in [-0.05, 0) is 12.8 Å². The smallest absolute Gasteiger partial charge is 0.258 e. The molecule has 1 rings (SSSR count). The van der Waals surface area contributed by atoms with Gasteiger partial charge >= 0.3 is 0 Å². The number of nitrogens with zero attached hydrogens (tertiary/aromatic N) is 1. The number of nitrogens with one attached hydrogen (secondary N) is 3. The number of aromatic amines is 1. The fourth-order valence-corrected chi connectivity index (χ4v) is 3.43. The van der Waals surface area contributed by atoms with Crippen molar-refractivity contribution >= 4 is 10.0 Å². The third-order valence-electron chi connectivity index (χ3n) is 3.10. The molecule has 1 aromatic heterocycles. The molecule has 20 heavy (non-hydrogen) atoms. The van der Waals surface area contributed by atoms with E-state index in [1.807, 2.05) is 27.7 Å². The first kappa shape index (κ1) is 17.1. The Morgan fingerprint density at radius 2 is 2.05 bits per heavy atom.